The number of rotatable bonds is 2. The molecule has 2 aliphatic rings. The first kappa shape index (κ1) is 34.1. The van der Waals surface area contributed by atoms with Crippen molar-refractivity contribution >= 4 is 59.7 Å². The van der Waals surface area contributed by atoms with E-state index in [0.29, 0.717) is 0 Å². The highest BCUT2D eigenvalue weighted by molar-refractivity contribution is 6.30. The van der Waals surface area contributed by atoms with Crippen LogP contribution in [0.25, 0.3) is 0 Å². The van der Waals surface area contributed by atoms with Gasteiger partial charge in [-0.2, -0.15) is 0 Å². The van der Waals surface area contributed by atoms with E-state index >= 15 is 0 Å². The van der Waals surface area contributed by atoms with E-state index in [0.717, 1.165) is 34.6 Å². The van der Waals surface area contributed by atoms with Gasteiger partial charge in [-0.3, -0.25) is 9.98 Å². The zero-order valence-corrected chi connectivity index (χ0v) is 25.9. The Morgan fingerprint density at radius 3 is 1.24 bits per heavy atom. The van der Waals surface area contributed by atoms with Crippen LogP contribution >= 0.6 is 48.0 Å². The lowest BCUT2D eigenvalue weighted by Gasteiger charge is -2.29. The molecule has 0 aliphatic carbocycles. The quantitative estimate of drug-likeness (QED) is 0.245. The second-order valence-electron chi connectivity index (χ2n) is 9.35. The Morgan fingerprint density at radius 1 is 0.561 bits per heavy atom. The van der Waals surface area contributed by atoms with Gasteiger partial charge in [-0.25, -0.2) is 0 Å². The Balaban J connectivity index is 0.000000267. The van der Waals surface area contributed by atoms with Gasteiger partial charge in [0.25, 0.3) is 0 Å². The van der Waals surface area contributed by atoms with Crippen LogP contribution in [0.15, 0.2) is 107 Å². The molecule has 0 saturated heterocycles. The number of fused-ring (bicyclic) bond motifs is 2. The van der Waals surface area contributed by atoms with Gasteiger partial charge < -0.3 is 16.1 Å². The molecule has 0 amide bonds. The summed E-state index contributed by atoms with van der Waals surface area (Å²) in [5.41, 5.74) is 7.72. The lowest BCUT2D eigenvalue weighted by Crippen LogP contribution is -2.36. The van der Waals surface area contributed by atoms with Crippen molar-refractivity contribution in [2.24, 2.45) is 9.98 Å². The SMILES string of the molecule is CN=C1Cc2ccccc2C(c2ccc(Cl)cc2)N1.CN=C1Cc2ccccc2C(c2ccc(Cl)cc2)N1.Cl.Cl.O. The maximum absolute atomic E-state index is 5.96. The van der Waals surface area contributed by atoms with Crippen LogP contribution in [0, 0.1) is 0 Å². The van der Waals surface area contributed by atoms with Crippen LogP contribution in [0.5, 0.6) is 0 Å². The molecular formula is C32H34Cl4N4O. The number of nitrogens with zero attached hydrogens (tertiary/aromatic N) is 2. The lowest BCUT2D eigenvalue weighted by atomic mass is 9.89. The molecule has 0 radical (unpaired) electrons. The summed E-state index contributed by atoms with van der Waals surface area (Å²) < 4.78 is 0. The van der Waals surface area contributed by atoms with Gasteiger partial charge in [-0.05, 0) is 57.6 Å². The Kier molecular flexibility index (Phi) is 13.2. The molecule has 9 heteroatoms. The summed E-state index contributed by atoms with van der Waals surface area (Å²) >= 11 is 11.9. The van der Waals surface area contributed by atoms with E-state index in [1.165, 1.54) is 33.4 Å². The highest BCUT2D eigenvalue weighted by Crippen LogP contribution is 2.31. The summed E-state index contributed by atoms with van der Waals surface area (Å²) in [6.07, 6.45) is 1.74. The molecule has 2 atom stereocenters. The first-order chi connectivity index (χ1) is 18.6. The predicted octanol–water partition coefficient (Wildman–Crippen LogP) is 7.23. The van der Waals surface area contributed by atoms with Gasteiger partial charge in [0.1, 0.15) is 11.7 Å². The molecule has 2 aliphatic heterocycles. The Labute approximate surface area is 264 Å². The summed E-state index contributed by atoms with van der Waals surface area (Å²) in [4.78, 5) is 8.64. The Bertz CT molecular complexity index is 1360. The van der Waals surface area contributed by atoms with Gasteiger partial charge in [0.2, 0.25) is 0 Å². The minimum atomic E-state index is 0. The molecule has 216 valence electrons. The fourth-order valence-corrected chi connectivity index (χ4v) is 5.28. The number of hydrogen-bond acceptors (Lipinski definition) is 2. The minimum absolute atomic E-state index is 0. The van der Waals surface area contributed by atoms with E-state index in [1.807, 2.05) is 38.4 Å². The van der Waals surface area contributed by atoms with Crippen LogP contribution in [0.3, 0.4) is 0 Å². The average Bonchev–Trinajstić information content (AvgIpc) is 2.97. The predicted molar refractivity (Wildman–Crippen MR) is 178 cm³/mol. The maximum atomic E-state index is 5.96. The van der Waals surface area contributed by atoms with Crippen molar-refractivity contribution in [2.45, 2.75) is 24.9 Å². The van der Waals surface area contributed by atoms with Crippen LogP contribution in [-0.4, -0.2) is 31.2 Å². The van der Waals surface area contributed by atoms with E-state index in [9.17, 15) is 0 Å². The molecule has 4 N–H and O–H groups in total. The van der Waals surface area contributed by atoms with E-state index in [1.54, 1.807) is 0 Å². The third kappa shape index (κ3) is 8.03. The largest absolute Gasteiger partial charge is 0.412 e. The van der Waals surface area contributed by atoms with E-state index in [2.05, 4.69) is 93.4 Å². The number of nitrogens with one attached hydrogen (secondary N) is 2. The van der Waals surface area contributed by atoms with Crippen molar-refractivity contribution in [3.05, 3.63) is 140 Å². The first-order valence-electron chi connectivity index (χ1n) is 12.7. The summed E-state index contributed by atoms with van der Waals surface area (Å²) in [5.74, 6) is 2.05. The molecule has 2 unspecified atom stereocenters. The van der Waals surface area contributed by atoms with Gasteiger partial charge in [0, 0.05) is 37.0 Å². The molecule has 0 fully saturated rings. The molecule has 4 aromatic rings. The van der Waals surface area contributed by atoms with E-state index < -0.39 is 0 Å². The minimum Gasteiger partial charge on any atom is -0.412 e. The normalized spacial score (nSPS) is 18.4. The number of hydrogen-bond donors (Lipinski definition) is 2. The highest BCUT2D eigenvalue weighted by Gasteiger charge is 2.25. The van der Waals surface area contributed by atoms with Crippen molar-refractivity contribution in [2.75, 3.05) is 14.1 Å². The molecule has 5 nitrogen and oxygen atoms in total. The second kappa shape index (κ2) is 15.8. The number of amidine groups is 2. The number of halogens is 4. The summed E-state index contributed by atoms with van der Waals surface area (Å²) in [6.45, 7) is 0. The molecule has 0 saturated carbocycles. The fraction of sp³-hybridized carbons (Fsp3) is 0.188. The van der Waals surface area contributed by atoms with Crippen LogP contribution in [0.1, 0.15) is 45.5 Å². The molecular weight excluding hydrogens is 598 g/mol. The van der Waals surface area contributed by atoms with Crippen molar-refractivity contribution in [1.29, 1.82) is 0 Å². The highest BCUT2D eigenvalue weighted by atomic mass is 35.5. The fourth-order valence-electron chi connectivity index (χ4n) is 5.03. The number of aliphatic imine (C=N–C) groups is 2. The van der Waals surface area contributed by atoms with Gasteiger partial charge in [0.05, 0.1) is 12.1 Å². The standard InChI is InChI=1S/2C16H15ClN2.2ClH.H2O/c2*1-18-15-10-12-4-2-3-5-14(12)16(19-15)11-6-8-13(17)9-7-11;;;/h2*2-9,16H,10H2,1H3,(H,18,19);2*1H;1H2. The molecule has 0 aromatic heterocycles. The van der Waals surface area contributed by atoms with Gasteiger partial charge >= 0.3 is 0 Å². The monoisotopic (exact) mass is 630 g/mol. The molecule has 0 bridgehead atoms. The Morgan fingerprint density at radius 2 is 0.902 bits per heavy atom. The van der Waals surface area contributed by atoms with Gasteiger partial charge in [-0.15, -0.1) is 24.8 Å². The maximum Gasteiger partial charge on any atom is 0.101 e. The van der Waals surface area contributed by atoms with Gasteiger partial charge in [0.15, 0.2) is 0 Å². The molecule has 2 heterocycles. The van der Waals surface area contributed by atoms with Crippen LogP contribution < -0.4 is 10.6 Å². The van der Waals surface area contributed by atoms with Crippen molar-refractivity contribution in [3.63, 3.8) is 0 Å². The second-order valence-corrected chi connectivity index (χ2v) is 10.2. The van der Waals surface area contributed by atoms with Crippen LogP contribution in [-0.2, 0) is 12.8 Å². The van der Waals surface area contributed by atoms with Crippen molar-refractivity contribution < 1.29 is 5.48 Å². The molecule has 6 rings (SSSR count). The van der Waals surface area contributed by atoms with Crippen LogP contribution in [0.4, 0.5) is 0 Å². The number of benzene rings is 4. The zero-order chi connectivity index (χ0) is 26.5. The third-order valence-electron chi connectivity index (χ3n) is 7.02. The molecule has 4 aromatic carbocycles. The molecule has 41 heavy (non-hydrogen) atoms. The van der Waals surface area contributed by atoms with Crippen molar-refractivity contribution in [1.82, 2.24) is 10.6 Å². The van der Waals surface area contributed by atoms with Gasteiger partial charge in [-0.1, -0.05) is 96.0 Å². The topological polar surface area (TPSA) is 80.3 Å². The van der Waals surface area contributed by atoms with E-state index in [4.69, 9.17) is 23.2 Å². The summed E-state index contributed by atoms with van der Waals surface area (Å²) in [7, 11) is 3.66. The Hall–Kier alpha value is -3.06. The lowest BCUT2D eigenvalue weighted by molar-refractivity contribution is 0.719. The first-order valence-corrected chi connectivity index (χ1v) is 13.4. The average molecular weight is 632 g/mol. The molecule has 0 spiro atoms. The summed E-state index contributed by atoms with van der Waals surface area (Å²) in [6, 6.07) is 33.3. The van der Waals surface area contributed by atoms with Crippen LogP contribution in [0.2, 0.25) is 10.0 Å². The summed E-state index contributed by atoms with van der Waals surface area (Å²) in [5, 5.41) is 8.53. The van der Waals surface area contributed by atoms with Crippen molar-refractivity contribution in [3.8, 4) is 0 Å². The zero-order valence-electron chi connectivity index (χ0n) is 22.8. The smallest absolute Gasteiger partial charge is 0.101 e. The van der Waals surface area contributed by atoms with E-state index in [-0.39, 0.29) is 42.4 Å². The third-order valence-corrected chi connectivity index (χ3v) is 7.52.